The molecule has 0 unspecified atom stereocenters. The quantitative estimate of drug-likeness (QED) is 0.710. The predicted octanol–water partition coefficient (Wildman–Crippen LogP) is 2.80. The zero-order chi connectivity index (χ0) is 11.4. The zero-order valence-electron chi connectivity index (χ0n) is 8.61. The Hall–Kier alpha value is -1.48. The van der Waals surface area contributed by atoms with E-state index in [1.54, 1.807) is 0 Å². The monoisotopic (exact) mass is 238 g/mol. The molecule has 0 amide bonds. The fourth-order valence-corrected chi connectivity index (χ4v) is 1.59. The summed E-state index contributed by atoms with van der Waals surface area (Å²) in [6.07, 6.45) is 10.6. The largest absolute Gasteiger partial charge is 0.465 e. The number of hydrogen-bond donors (Lipinski definition) is 0. The molecular formula is C12H11ClO3. The van der Waals surface area contributed by atoms with E-state index in [0.717, 1.165) is 18.4 Å². The molecule has 1 heterocycles. The number of ether oxygens (including phenoxy) is 2. The van der Waals surface area contributed by atoms with Gasteiger partial charge in [-0.1, -0.05) is 18.2 Å². The summed E-state index contributed by atoms with van der Waals surface area (Å²) >= 11 is 5.45. The number of ketones is 1. The SMILES string of the molecule is O=C(CCl)C1=COC=C(C2=CC=CCC2)O1. The Bertz CT molecular complexity index is 416. The van der Waals surface area contributed by atoms with Gasteiger partial charge in [-0.25, -0.2) is 0 Å². The van der Waals surface area contributed by atoms with Gasteiger partial charge in [0.25, 0.3) is 0 Å². The van der Waals surface area contributed by atoms with Crippen molar-refractivity contribution in [2.75, 3.05) is 5.88 Å². The number of allylic oxidation sites excluding steroid dienone is 5. The maximum atomic E-state index is 11.3. The zero-order valence-corrected chi connectivity index (χ0v) is 9.37. The Morgan fingerprint density at radius 2 is 2.31 bits per heavy atom. The van der Waals surface area contributed by atoms with E-state index >= 15 is 0 Å². The van der Waals surface area contributed by atoms with Gasteiger partial charge in [-0.3, -0.25) is 4.79 Å². The predicted molar refractivity (Wildman–Crippen MR) is 60.5 cm³/mol. The second-order valence-corrected chi connectivity index (χ2v) is 3.69. The average Bonchev–Trinajstić information content (AvgIpc) is 2.39. The number of carbonyl (C=O) groups excluding carboxylic acids is 1. The van der Waals surface area contributed by atoms with Gasteiger partial charge in [0.15, 0.2) is 5.76 Å². The lowest BCUT2D eigenvalue weighted by Gasteiger charge is -2.18. The fourth-order valence-electron chi connectivity index (χ4n) is 1.46. The van der Waals surface area contributed by atoms with E-state index in [-0.39, 0.29) is 17.4 Å². The molecule has 0 fully saturated rings. The van der Waals surface area contributed by atoms with Gasteiger partial charge in [-0.05, 0) is 18.4 Å². The highest BCUT2D eigenvalue weighted by Gasteiger charge is 2.19. The second kappa shape index (κ2) is 5.03. The van der Waals surface area contributed by atoms with Gasteiger partial charge in [0.1, 0.15) is 12.5 Å². The molecule has 2 aliphatic rings. The fraction of sp³-hybridized carbons (Fsp3) is 0.250. The van der Waals surface area contributed by atoms with Crippen molar-refractivity contribution >= 4 is 17.4 Å². The lowest BCUT2D eigenvalue weighted by Crippen LogP contribution is -2.12. The van der Waals surface area contributed by atoms with Crippen LogP contribution in [-0.2, 0) is 14.3 Å². The second-order valence-electron chi connectivity index (χ2n) is 3.42. The highest BCUT2D eigenvalue weighted by Crippen LogP contribution is 2.26. The minimum absolute atomic E-state index is 0.110. The summed E-state index contributed by atoms with van der Waals surface area (Å²) in [5.41, 5.74) is 1.02. The van der Waals surface area contributed by atoms with Crippen LogP contribution < -0.4 is 0 Å². The molecule has 0 spiro atoms. The lowest BCUT2D eigenvalue weighted by molar-refractivity contribution is -0.116. The van der Waals surface area contributed by atoms with Gasteiger partial charge in [0, 0.05) is 0 Å². The van der Waals surface area contributed by atoms with E-state index in [2.05, 4.69) is 6.08 Å². The average molecular weight is 239 g/mol. The number of halogens is 1. The first-order valence-corrected chi connectivity index (χ1v) is 5.53. The van der Waals surface area contributed by atoms with Crippen molar-refractivity contribution in [1.29, 1.82) is 0 Å². The molecule has 4 heteroatoms. The first kappa shape index (κ1) is 11.0. The Labute approximate surface area is 98.7 Å². The van der Waals surface area contributed by atoms with Crippen LogP contribution in [0.1, 0.15) is 12.8 Å². The van der Waals surface area contributed by atoms with E-state index in [4.69, 9.17) is 21.1 Å². The van der Waals surface area contributed by atoms with Crippen molar-refractivity contribution in [2.24, 2.45) is 0 Å². The molecular weight excluding hydrogens is 228 g/mol. The molecule has 0 atom stereocenters. The Balaban J connectivity index is 2.09. The molecule has 0 saturated heterocycles. The molecule has 1 aliphatic heterocycles. The first-order valence-electron chi connectivity index (χ1n) is 5.00. The molecule has 0 N–H and O–H groups in total. The summed E-state index contributed by atoms with van der Waals surface area (Å²) < 4.78 is 10.5. The number of carbonyl (C=O) groups is 1. The summed E-state index contributed by atoms with van der Waals surface area (Å²) in [5.74, 6) is 0.351. The smallest absolute Gasteiger partial charge is 0.215 e. The molecule has 0 radical (unpaired) electrons. The van der Waals surface area contributed by atoms with E-state index < -0.39 is 0 Å². The number of Topliss-reactive ketones (excluding diaryl/α,β-unsaturated/α-hetero) is 1. The van der Waals surface area contributed by atoms with E-state index in [9.17, 15) is 4.79 Å². The van der Waals surface area contributed by atoms with Crippen LogP contribution in [0.15, 0.2) is 47.8 Å². The van der Waals surface area contributed by atoms with Crippen molar-refractivity contribution in [1.82, 2.24) is 0 Å². The van der Waals surface area contributed by atoms with Crippen LogP contribution in [0.4, 0.5) is 0 Å². The third-order valence-electron chi connectivity index (χ3n) is 2.30. The minimum Gasteiger partial charge on any atom is -0.465 e. The summed E-state index contributed by atoms with van der Waals surface area (Å²) in [6.45, 7) is 0. The molecule has 0 aromatic rings. The molecule has 0 aromatic heterocycles. The molecule has 84 valence electrons. The van der Waals surface area contributed by atoms with E-state index in [1.807, 2.05) is 12.2 Å². The molecule has 3 nitrogen and oxygen atoms in total. The van der Waals surface area contributed by atoms with Gasteiger partial charge < -0.3 is 9.47 Å². The Morgan fingerprint density at radius 1 is 1.44 bits per heavy atom. The lowest BCUT2D eigenvalue weighted by atomic mass is 10.0. The number of alkyl halides is 1. The van der Waals surface area contributed by atoms with Crippen LogP contribution in [0.5, 0.6) is 0 Å². The van der Waals surface area contributed by atoms with Crippen molar-refractivity contribution in [3.63, 3.8) is 0 Å². The minimum atomic E-state index is -0.279. The molecule has 1 aliphatic carbocycles. The summed E-state index contributed by atoms with van der Waals surface area (Å²) in [7, 11) is 0. The van der Waals surface area contributed by atoms with E-state index in [1.165, 1.54) is 12.5 Å². The maximum Gasteiger partial charge on any atom is 0.215 e. The first-order chi connectivity index (χ1) is 7.81. The molecule has 0 aromatic carbocycles. The van der Waals surface area contributed by atoms with Gasteiger partial charge in [0.2, 0.25) is 11.5 Å². The highest BCUT2D eigenvalue weighted by atomic mass is 35.5. The summed E-state index contributed by atoms with van der Waals surface area (Å²) in [5, 5.41) is 0. The van der Waals surface area contributed by atoms with Crippen LogP contribution in [0.2, 0.25) is 0 Å². The normalized spacial score (nSPS) is 18.9. The van der Waals surface area contributed by atoms with Crippen molar-refractivity contribution < 1.29 is 14.3 Å². The highest BCUT2D eigenvalue weighted by molar-refractivity contribution is 6.30. The Morgan fingerprint density at radius 3 is 3.00 bits per heavy atom. The van der Waals surface area contributed by atoms with Crippen molar-refractivity contribution in [3.8, 4) is 0 Å². The van der Waals surface area contributed by atoms with Gasteiger partial charge >= 0.3 is 0 Å². The van der Waals surface area contributed by atoms with E-state index in [0.29, 0.717) is 5.76 Å². The number of rotatable bonds is 3. The Kier molecular flexibility index (Phi) is 3.47. The summed E-state index contributed by atoms with van der Waals surface area (Å²) in [4.78, 5) is 11.3. The molecule has 16 heavy (non-hydrogen) atoms. The van der Waals surface area contributed by atoms with Crippen LogP contribution in [-0.4, -0.2) is 11.7 Å². The van der Waals surface area contributed by atoms with Crippen LogP contribution in [0, 0.1) is 0 Å². The van der Waals surface area contributed by atoms with Crippen LogP contribution in [0.3, 0.4) is 0 Å². The molecule has 0 bridgehead atoms. The molecule has 2 rings (SSSR count). The summed E-state index contributed by atoms with van der Waals surface area (Å²) in [6, 6.07) is 0. The van der Waals surface area contributed by atoms with Crippen molar-refractivity contribution in [3.05, 3.63) is 47.8 Å². The van der Waals surface area contributed by atoms with Crippen molar-refractivity contribution in [2.45, 2.75) is 12.8 Å². The van der Waals surface area contributed by atoms with Gasteiger partial charge in [-0.15, -0.1) is 11.6 Å². The van der Waals surface area contributed by atoms with Gasteiger partial charge in [0.05, 0.1) is 5.88 Å². The van der Waals surface area contributed by atoms with Gasteiger partial charge in [-0.2, -0.15) is 0 Å². The molecule has 0 saturated carbocycles. The standard InChI is InChI=1S/C12H11ClO3/c13-6-10(14)12-8-15-7-11(16-12)9-4-2-1-3-5-9/h1-2,4,7-8H,3,5-6H2. The third-order valence-corrected chi connectivity index (χ3v) is 2.54. The third kappa shape index (κ3) is 2.36. The number of hydrogen-bond acceptors (Lipinski definition) is 3. The van der Waals surface area contributed by atoms with Crippen LogP contribution >= 0.6 is 11.6 Å². The maximum absolute atomic E-state index is 11.3. The van der Waals surface area contributed by atoms with Crippen LogP contribution in [0.25, 0.3) is 0 Å². The topological polar surface area (TPSA) is 35.5 Å².